The van der Waals surface area contributed by atoms with E-state index in [4.69, 9.17) is 24.9 Å². The lowest BCUT2D eigenvalue weighted by molar-refractivity contribution is -0.119. The van der Waals surface area contributed by atoms with E-state index in [-0.39, 0.29) is 54.1 Å². The molecule has 13 aliphatic carbocycles. The van der Waals surface area contributed by atoms with E-state index in [9.17, 15) is 24.0 Å². The molecule has 3 unspecified atom stereocenters. The van der Waals surface area contributed by atoms with Gasteiger partial charge in [0.25, 0.3) is 0 Å². The first-order chi connectivity index (χ1) is 60.3. The summed E-state index contributed by atoms with van der Waals surface area (Å²) in [6.07, 6.45) is 25.6. The van der Waals surface area contributed by atoms with E-state index in [1.807, 2.05) is 16.5 Å². The molecule has 0 bridgehead atoms. The average molecular weight is 1770 g/mol. The number of carbonyl (C=O) groups excluding carboxylic acids is 5. The van der Waals surface area contributed by atoms with Gasteiger partial charge in [-0.15, -0.1) is 56.7 Å². The predicted molar refractivity (Wildman–Crippen MR) is 514 cm³/mol. The van der Waals surface area contributed by atoms with Gasteiger partial charge in [0.1, 0.15) is 0 Å². The lowest BCUT2D eigenvalue weighted by atomic mass is 9.56. The second kappa shape index (κ2) is 32.4. The molecule has 0 saturated carbocycles. The Morgan fingerprint density at radius 3 is 0.889 bits per heavy atom. The molecule has 5 aromatic heterocycles. The molecular weight excluding hydrogens is 1640 g/mol. The van der Waals surface area contributed by atoms with Crippen molar-refractivity contribution in [1.29, 1.82) is 0 Å². The van der Waals surface area contributed by atoms with Crippen LogP contribution in [0.15, 0.2) is 206 Å². The van der Waals surface area contributed by atoms with Crippen molar-refractivity contribution < 1.29 is 24.0 Å². The van der Waals surface area contributed by atoms with Crippen LogP contribution in [-0.4, -0.2) is 53.8 Å². The highest BCUT2D eigenvalue weighted by Crippen LogP contribution is 2.64. The second-order valence-corrected chi connectivity index (χ2v) is 47.7. The van der Waals surface area contributed by atoms with E-state index in [1.165, 1.54) is 138 Å². The third-order valence-electron chi connectivity index (χ3n) is 30.6. The molecule has 23 rings (SSSR count). The summed E-state index contributed by atoms with van der Waals surface area (Å²) in [5, 5.41) is 2.20. The van der Waals surface area contributed by atoms with Gasteiger partial charge < -0.3 is 0 Å². The molecule has 10 aromatic rings. The van der Waals surface area contributed by atoms with E-state index in [0.29, 0.717) is 61.0 Å². The Hall–Kier alpha value is -8.70. The van der Waals surface area contributed by atoms with Crippen molar-refractivity contribution in [3.05, 3.63) is 313 Å². The van der Waals surface area contributed by atoms with E-state index in [0.717, 1.165) is 166 Å². The highest BCUT2D eigenvalue weighted by Gasteiger charge is 2.58. The smallest absolute Gasteiger partial charge is 0.160 e. The third kappa shape index (κ3) is 14.5. The van der Waals surface area contributed by atoms with Gasteiger partial charge in [-0.25, -0.2) is 24.9 Å². The van der Waals surface area contributed by atoms with Crippen LogP contribution in [0.25, 0.3) is 0 Å². The van der Waals surface area contributed by atoms with Gasteiger partial charge in [-0.2, -0.15) is 0 Å². The summed E-state index contributed by atoms with van der Waals surface area (Å²) >= 11 is 8.83. The molecule has 13 aliphatic rings. The minimum absolute atomic E-state index is 0.0503. The maximum atomic E-state index is 13.5. The second-order valence-electron chi connectivity index (χ2n) is 42.7. The van der Waals surface area contributed by atoms with Crippen molar-refractivity contribution in [3.8, 4) is 0 Å². The molecule has 10 nitrogen and oxygen atoms in total. The fourth-order valence-electron chi connectivity index (χ4n) is 26.6. The maximum Gasteiger partial charge on any atom is 0.160 e. The molecule has 0 fully saturated rings. The van der Waals surface area contributed by atoms with Gasteiger partial charge in [0.15, 0.2) is 28.9 Å². The van der Waals surface area contributed by atoms with Crippen LogP contribution in [-0.2, 0) is 102 Å². The van der Waals surface area contributed by atoms with E-state index in [2.05, 4.69) is 230 Å². The van der Waals surface area contributed by atoms with Gasteiger partial charge in [0, 0.05) is 116 Å². The number of aryl methyl sites for hydroxylation is 5. The number of hydrogen-bond acceptors (Lipinski definition) is 15. The molecule has 0 radical (unpaired) electrons. The number of ketones is 5. The molecular formula is C111H121N5O5S5. The minimum Gasteiger partial charge on any atom is -0.294 e. The zero-order valence-electron chi connectivity index (χ0n) is 76.3. The predicted octanol–water partition coefficient (Wildman–Crippen LogP) is 26.2. The van der Waals surface area contributed by atoms with Crippen molar-refractivity contribution in [3.63, 3.8) is 0 Å². The van der Waals surface area contributed by atoms with Crippen LogP contribution in [0, 0.1) is 40.9 Å². The van der Waals surface area contributed by atoms with Crippen LogP contribution in [0.2, 0.25) is 0 Å². The van der Waals surface area contributed by atoms with Gasteiger partial charge in [-0.05, 0) is 188 Å². The third-order valence-corrected chi connectivity index (χ3v) is 36.0. The Morgan fingerprint density at radius 2 is 0.571 bits per heavy atom. The fraction of sp³-hybridized carbons (Fsp3) is 0.459. The number of allylic oxidation sites excluding steroid dienone is 10. The normalized spacial score (nSPS) is 26.2. The number of rotatable bonds is 4. The van der Waals surface area contributed by atoms with Gasteiger partial charge in [-0.1, -0.05) is 251 Å². The molecule has 5 heterocycles. The zero-order valence-corrected chi connectivity index (χ0v) is 80.4. The Morgan fingerprint density at radius 1 is 0.302 bits per heavy atom. The largest absolute Gasteiger partial charge is 0.294 e. The van der Waals surface area contributed by atoms with Gasteiger partial charge in [0.05, 0.1) is 82.1 Å². The summed E-state index contributed by atoms with van der Waals surface area (Å²) in [5.41, 5.74) is 34.1. The standard InChI is InChI=1S/C23H25NOS.2C22H23NOS.2C22H25NOS/c1-22(2)12-16-11-18-21(26-14-24-18)23(20(16)19(25)13-22)10-6-5-8-15-7-3-4-9-17(15)23;2*1-21(2)11-15-10-17-20(25-13-23-17)22(19(15)18(24)12-21)9-5-7-14-6-3-4-8-16(14)22;2*1-5-22(16-9-7-6-8-10-16)19-15(12-21(3,4)13-18(19)24)11-17-20(22)25-14(2)23-17/h3-4,7,9,14H,5-6,8,10-13H2,1-2H3;2*3-4,6,8,13H,5,7,9-12H2,1-2H3;2*6-10H,5,11-13H2,1-4H3/t;22-;;22-;/m.1.1./s1. The molecule has 5 atom stereocenters. The van der Waals surface area contributed by atoms with E-state index >= 15 is 0 Å². The van der Waals surface area contributed by atoms with Crippen molar-refractivity contribution in [2.75, 3.05) is 0 Å². The fourth-order valence-corrected chi connectivity index (χ4v) is 32.2. The molecule has 0 N–H and O–H groups in total. The lowest BCUT2D eigenvalue weighted by Crippen LogP contribution is -2.44. The number of fused-ring (bicyclic) bond motifs is 17. The van der Waals surface area contributed by atoms with Crippen LogP contribution in [0.4, 0.5) is 0 Å². The average Bonchev–Trinajstić information content (AvgIpc) is 1.53. The first-order valence-electron chi connectivity index (χ1n) is 46.6. The SMILES string of the molecule is CC1(C)CC(=O)C2=C(Cc3ncsc3C23CCCCc2ccccc23)C1.CC1(C)CC(=O)C2=C(Cc3ncsc3C23CCCc2ccccc23)C1.CC1(C)CC(=O)C2=C(Cc3ncsc3[C@@]23CCCc2ccccc23)C1.CCC1(c2ccccc2)C2=C(Cc3nc(C)sc31)CC(C)(C)CC2=O.CC[C@@]1(c2ccccc2)C2=C(Cc3nc(C)sc31)CC(C)(C)CC2=O. The number of aromatic nitrogens is 5. The number of thiazole rings is 5. The number of hydrogen-bond donors (Lipinski definition) is 0. The van der Waals surface area contributed by atoms with Gasteiger partial charge in [0.2, 0.25) is 0 Å². The number of benzene rings is 5. The Kier molecular flexibility index (Phi) is 22.3. The minimum atomic E-state index is -0.316. The van der Waals surface area contributed by atoms with Gasteiger partial charge >= 0.3 is 0 Å². The summed E-state index contributed by atoms with van der Waals surface area (Å²) in [5.74, 6) is 1.82. The van der Waals surface area contributed by atoms with Crippen LogP contribution < -0.4 is 0 Å². The Labute approximate surface area is 766 Å². The van der Waals surface area contributed by atoms with Crippen LogP contribution in [0.1, 0.15) is 312 Å². The van der Waals surface area contributed by atoms with Crippen molar-refractivity contribution in [2.45, 2.75) is 297 Å². The molecule has 0 amide bonds. The van der Waals surface area contributed by atoms with Crippen molar-refractivity contribution in [1.82, 2.24) is 24.9 Å². The van der Waals surface area contributed by atoms with Crippen LogP contribution in [0.3, 0.4) is 0 Å². The number of nitrogens with zero attached hydrogens (tertiary/aromatic N) is 5. The zero-order chi connectivity index (χ0) is 88.0. The molecule has 0 aliphatic heterocycles. The highest BCUT2D eigenvalue weighted by atomic mass is 32.1. The summed E-state index contributed by atoms with van der Waals surface area (Å²) in [4.78, 5) is 97.4. The topological polar surface area (TPSA) is 150 Å². The summed E-state index contributed by atoms with van der Waals surface area (Å²) in [7, 11) is 0. The van der Waals surface area contributed by atoms with Gasteiger partial charge in [-0.3, -0.25) is 24.0 Å². The molecule has 15 heteroatoms. The first kappa shape index (κ1) is 86.7. The van der Waals surface area contributed by atoms with Crippen LogP contribution in [0.5, 0.6) is 0 Å². The number of Topliss-reactive ketones (excluding diaryl/α,β-unsaturated/α-hetero) is 5. The van der Waals surface area contributed by atoms with Crippen molar-refractivity contribution in [2.24, 2.45) is 27.1 Å². The molecule has 5 aromatic carbocycles. The van der Waals surface area contributed by atoms with Crippen LogP contribution >= 0.6 is 56.7 Å². The maximum absolute atomic E-state index is 13.5. The quantitative estimate of drug-likeness (QED) is 0.167. The molecule has 650 valence electrons. The van der Waals surface area contributed by atoms with E-state index < -0.39 is 0 Å². The summed E-state index contributed by atoms with van der Waals surface area (Å²) < 4.78 is 0. The van der Waals surface area contributed by atoms with E-state index in [1.54, 1.807) is 56.7 Å². The Balaban J connectivity index is 0.000000103. The molecule has 0 saturated heterocycles. The monoisotopic (exact) mass is 1760 g/mol. The summed E-state index contributed by atoms with van der Waals surface area (Å²) in [6.45, 7) is 30.8. The molecule has 126 heavy (non-hydrogen) atoms. The van der Waals surface area contributed by atoms with Crippen molar-refractivity contribution >= 4 is 85.6 Å². The number of carbonyl (C=O) groups is 5. The lowest BCUT2D eigenvalue weighted by Gasteiger charge is -2.47. The first-order valence-corrected chi connectivity index (χ1v) is 50.9. The summed E-state index contributed by atoms with van der Waals surface area (Å²) in [6, 6.07) is 47.6. The Bertz CT molecular complexity index is 5970. The highest BCUT2D eigenvalue weighted by molar-refractivity contribution is 7.12. The molecule has 3 spiro atoms.